The summed E-state index contributed by atoms with van der Waals surface area (Å²) in [5.41, 5.74) is 1.31. The smallest absolute Gasteiger partial charge is 0.0370 e. The fourth-order valence-electron chi connectivity index (χ4n) is 2.76. The molecule has 1 aliphatic rings. The van der Waals surface area contributed by atoms with Crippen LogP contribution in [0, 0.1) is 0 Å². The molecule has 18 heavy (non-hydrogen) atoms. The van der Waals surface area contributed by atoms with E-state index in [9.17, 15) is 0 Å². The standard InChI is InChI=1S/C16H20N2/c1-18(12-15-7-4-10-17-15)16-9-8-13-5-2-3-6-14(13)11-16/h2-3,5-6,8-9,11,15,17H,4,7,10,12H2,1H3/t15-/m0/s1. The largest absolute Gasteiger partial charge is 0.373 e. The van der Waals surface area contributed by atoms with E-state index < -0.39 is 0 Å². The number of nitrogens with one attached hydrogen (secondary N) is 1. The maximum Gasteiger partial charge on any atom is 0.0370 e. The van der Waals surface area contributed by atoms with E-state index in [0.29, 0.717) is 6.04 Å². The van der Waals surface area contributed by atoms with Crippen LogP contribution in [0.3, 0.4) is 0 Å². The minimum Gasteiger partial charge on any atom is -0.373 e. The van der Waals surface area contributed by atoms with Gasteiger partial charge in [-0.1, -0.05) is 30.3 Å². The second-order valence-electron chi connectivity index (χ2n) is 5.21. The lowest BCUT2D eigenvalue weighted by Gasteiger charge is -2.23. The fraction of sp³-hybridized carbons (Fsp3) is 0.375. The Labute approximate surface area is 109 Å². The summed E-state index contributed by atoms with van der Waals surface area (Å²) in [6.45, 7) is 2.27. The second-order valence-corrected chi connectivity index (χ2v) is 5.21. The number of hydrogen-bond donors (Lipinski definition) is 1. The Morgan fingerprint density at radius 3 is 2.78 bits per heavy atom. The highest BCUT2D eigenvalue weighted by atomic mass is 15.1. The van der Waals surface area contributed by atoms with Crippen LogP contribution >= 0.6 is 0 Å². The average Bonchev–Trinajstić information content (AvgIpc) is 2.91. The van der Waals surface area contributed by atoms with Crippen molar-refractivity contribution >= 4 is 16.5 Å². The van der Waals surface area contributed by atoms with Crippen molar-refractivity contribution in [3.63, 3.8) is 0 Å². The molecule has 0 radical (unpaired) electrons. The normalized spacial score (nSPS) is 19.3. The SMILES string of the molecule is CN(C[C@@H]1CCCN1)c1ccc2ccccc2c1. The van der Waals surface area contributed by atoms with Gasteiger partial charge < -0.3 is 10.2 Å². The van der Waals surface area contributed by atoms with E-state index in [1.54, 1.807) is 0 Å². The average molecular weight is 240 g/mol. The fourth-order valence-corrected chi connectivity index (χ4v) is 2.76. The molecule has 1 fully saturated rings. The summed E-state index contributed by atoms with van der Waals surface area (Å²) in [4.78, 5) is 2.36. The molecule has 0 spiro atoms. The molecule has 0 unspecified atom stereocenters. The lowest BCUT2D eigenvalue weighted by Crippen LogP contribution is -2.35. The predicted octanol–water partition coefficient (Wildman–Crippen LogP) is 3.03. The molecule has 2 nitrogen and oxygen atoms in total. The van der Waals surface area contributed by atoms with E-state index in [1.165, 1.54) is 35.8 Å². The van der Waals surface area contributed by atoms with Crippen LogP contribution in [-0.2, 0) is 0 Å². The summed E-state index contributed by atoms with van der Waals surface area (Å²) in [5, 5.41) is 6.19. The lowest BCUT2D eigenvalue weighted by atomic mass is 10.1. The quantitative estimate of drug-likeness (QED) is 0.887. The van der Waals surface area contributed by atoms with Crippen LogP contribution in [0.15, 0.2) is 42.5 Å². The minimum absolute atomic E-state index is 0.654. The second kappa shape index (κ2) is 4.99. The Morgan fingerprint density at radius 2 is 2.00 bits per heavy atom. The van der Waals surface area contributed by atoms with Crippen LogP contribution in [0.5, 0.6) is 0 Å². The Balaban J connectivity index is 1.80. The summed E-state index contributed by atoms with van der Waals surface area (Å²) in [6, 6.07) is 15.9. The van der Waals surface area contributed by atoms with Crippen molar-refractivity contribution in [3.8, 4) is 0 Å². The summed E-state index contributed by atoms with van der Waals surface area (Å²) in [5.74, 6) is 0. The van der Waals surface area contributed by atoms with Crippen molar-refractivity contribution < 1.29 is 0 Å². The molecule has 1 aliphatic heterocycles. The van der Waals surface area contributed by atoms with Gasteiger partial charge in [-0.15, -0.1) is 0 Å². The molecule has 3 rings (SSSR count). The van der Waals surface area contributed by atoms with E-state index >= 15 is 0 Å². The first-order valence-corrected chi connectivity index (χ1v) is 6.76. The molecule has 1 N–H and O–H groups in total. The van der Waals surface area contributed by atoms with Crippen LogP contribution in [0.1, 0.15) is 12.8 Å². The number of fused-ring (bicyclic) bond motifs is 1. The molecule has 1 atom stereocenters. The summed E-state index contributed by atoms with van der Waals surface area (Å²) in [6.07, 6.45) is 2.62. The van der Waals surface area contributed by atoms with Crippen LogP contribution in [0.4, 0.5) is 5.69 Å². The molecule has 2 aromatic rings. The van der Waals surface area contributed by atoms with Gasteiger partial charge in [-0.05, 0) is 42.3 Å². The highest BCUT2D eigenvalue weighted by Crippen LogP contribution is 2.22. The number of anilines is 1. The van der Waals surface area contributed by atoms with Gasteiger partial charge in [0.15, 0.2) is 0 Å². The summed E-state index contributed by atoms with van der Waals surface area (Å²) < 4.78 is 0. The molecule has 0 saturated carbocycles. The van der Waals surface area contributed by atoms with E-state index in [0.717, 1.165) is 6.54 Å². The van der Waals surface area contributed by atoms with E-state index in [1.807, 2.05) is 0 Å². The van der Waals surface area contributed by atoms with Gasteiger partial charge in [0.2, 0.25) is 0 Å². The van der Waals surface area contributed by atoms with Crippen LogP contribution < -0.4 is 10.2 Å². The zero-order chi connectivity index (χ0) is 12.4. The van der Waals surface area contributed by atoms with Crippen molar-refractivity contribution in [2.24, 2.45) is 0 Å². The maximum absolute atomic E-state index is 3.55. The molecule has 0 amide bonds. The zero-order valence-corrected chi connectivity index (χ0v) is 10.9. The number of benzene rings is 2. The molecule has 94 valence electrons. The monoisotopic (exact) mass is 240 g/mol. The molecule has 1 heterocycles. The number of hydrogen-bond acceptors (Lipinski definition) is 2. The van der Waals surface area contributed by atoms with Gasteiger partial charge in [0.25, 0.3) is 0 Å². The van der Waals surface area contributed by atoms with E-state index in [-0.39, 0.29) is 0 Å². The molecule has 2 heteroatoms. The Bertz CT molecular complexity index is 529. The highest BCUT2D eigenvalue weighted by molar-refractivity contribution is 5.85. The van der Waals surface area contributed by atoms with Gasteiger partial charge in [0.1, 0.15) is 0 Å². The van der Waals surface area contributed by atoms with Crippen molar-refractivity contribution in [2.75, 3.05) is 25.0 Å². The molecule has 0 bridgehead atoms. The van der Waals surface area contributed by atoms with Gasteiger partial charge in [-0.2, -0.15) is 0 Å². The van der Waals surface area contributed by atoms with Gasteiger partial charge in [0, 0.05) is 25.3 Å². The number of rotatable bonds is 3. The summed E-state index contributed by atoms with van der Waals surface area (Å²) >= 11 is 0. The highest BCUT2D eigenvalue weighted by Gasteiger charge is 2.16. The van der Waals surface area contributed by atoms with E-state index in [2.05, 4.69) is 59.7 Å². The van der Waals surface area contributed by atoms with Crippen LogP contribution in [-0.4, -0.2) is 26.2 Å². The Morgan fingerprint density at radius 1 is 1.17 bits per heavy atom. The lowest BCUT2D eigenvalue weighted by molar-refractivity contribution is 0.600. The van der Waals surface area contributed by atoms with Gasteiger partial charge in [-0.25, -0.2) is 0 Å². The first-order valence-electron chi connectivity index (χ1n) is 6.76. The molecule has 0 aromatic heterocycles. The third kappa shape index (κ3) is 2.34. The van der Waals surface area contributed by atoms with Crippen LogP contribution in [0.2, 0.25) is 0 Å². The molecule has 1 saturated heterocycles. The Kier molecular flexibility index (Phi) is 3.20. The number of nitrogens with zero attached hydrogens (tertiary/aromatic N) is 1. The molecular formula is C16H20N2. The predicted molar refractivity (Wildman–Crippen MR) is 78.2 cm³/mol. The molecule has 2 aromatic carbocycles. The topological polar surface area (TPSA) is 15.3 Å². The third-order valence-electron chi connectivity index (χ3n) is 3.83. The van der Waals surface area contributed by atoms with Gasteiger partial charge in [-0.3, -0.25) is 0 Å². The van der Waals surface area contributed by atoms with E-state index in [4.69, 9.17) is 0 Å². The van der Waals surface area contributed by atoms with Crippen molar-refractivity contribution in [1.29, 1.82) is 0 Å². The first kappa shape index (κ1) is 11.5. The minimum atomic E-state index is 0.654. The van der Waals surface area contributed by atoms with Crippen molar-refractivity contribution in [1.82, 2.24) is 5.32 Å². The first-order chi connectivity index (χ1) is 8.83. The maximum atomic E-state index is 3.55. The van der Waals surface area contributed by atoms with Crippen molar-refractivity contribution in [3.05, 3.63) is 42.5 Å². The van der Waals surface area contributed by atoms with Crippen LogP contribution in [0.25, 0.3) is 10.8 Å². The number of likely N-dealkylation sites (N-methyl/N-ethyl adjacent to an activating group) is 1. The zero-order valence-electron chi connectivity index (χ0n) is 10.9. The van der Waals surface area contributed by atoms with Gasteiger partial charge in [0.05, 0.1) is 0 Å². The summed E-state index contributed by atoms with van der Waals surface area (Å²) in [7, 11) is 2.18. The molecular weight excluding hydrogens is 220 g/mol. The third-order valence-corrected chi connectivity index (χ3v) is 3.83. The van der Waals surface area contributed by atoms with Gasteiger partial charge >= 0.3 is 0 Å². The Hall–Kier alpha value is -1.54. The molecule has 0 aliphatic carbocycles. The van der Waals surface area contributed by atoms with Crippen molar-refractivity contribution in [2.45, 2.75) is 18.9 Å².